The van der Waals surface area contributed by atoms with E-state index < -0.39 is 6.04 Å². The van der Waals surface area contributed by atoms with Gasteiger partial charge < -0.3 is 14.6 Å². The van der Waals surface area contributed by atoms with Crippen molar-refractivity contribution in [2.24, 2.45) is 0 Å². The molecule has 1 unspecified atom stereocenters. The fourth-order valence-electron chi connectivity index (χ4n) is 4.46. The van der Waals surface area contributed by atoms with Gasteiger partial charge in [0.2, 0.25) is 11.8 Å². The van der Waals surface area contributed by atoms with E-state index in [1.807, 2.05) is 48.7 Å². The number of hydrogen-bond acceptors (Lipinski definition) is 3. The number of nitrogens with zero attached hydrogens (tertiary/aromatic N) is 2. The molecule has 1 N–H and O–H groups in total. The number of carbonyl (C=O) groups excluding carboxylic acids is 1. The van der Waals surface area contributed by atoms with Crippen molar-refractivity contribution in [2.75, 3.05) is 7.11 Å². The van der Waals surface area contributed by atoms with Gasteiger partial charge in [0.25, 0.3) is 0 Å². The molecule has 0 radical (unpaired) electrons. The van der Waals surface area contributed by atoms with Crippen LogP contribution in [0.15, 0.2) is 60.8 Å². The van der Waals surface area contributed by atoms with Gasteiger partial charge in [0, 0.05) is 22.8 Å². The summed E-state index contributed by atoms with van der Waals surface area (Å²) in [4.78, 5) is 13.6. The number of ether oxygens (including phenoxy) is 1. The highest BCUT2D eigenvalue weighted by molar-refractivity contribution is 6.30. The van der Waals surface area contributed by atoms with Crippen molar-refractivity contribution in [3.05, 3.63) is 76.9 Å². The van der Waals surface area contributed by atoms with Crippen LogP contribution < -0.4 is 10.1 Å². The molecule has 1 atom stereocenters. The summed E-state index contributed by atoms with van der Waals surface area (Å²) < 4.78 is 7.44. The average molecular weight is 448 g/mol. The van der Waals surface area contributed by atoms with Crippen LogP contribution in [0.3, 0.4) is 0 Å². The Morgan fingerprint density at radius 1 is 1.12 bits per heavy atom. The van der Waals surface area contributed by atoms with Crippen LogP contribution in [0.2, 0.25) is 5.02 Å². The quantitative estimate of drug-likeness (QED) is 0.524. The van der Waals surface area contributed by atoms with Crippen LogP contribution in [0.5, 0.6) is 5.88 Å². The molecule has 1 saturated carbocycles. The number of methoxy groups -OCH3 is 1. The monoisotopic (exact) mass is 447 g/mol. The van der Waals surface area contributed by atoms with E-state index in [1.165, 1.54) is 13.5 Å². The minimum absolute atomic E-state index is 0.114. The Labute approximate surface area is 193 Å². The van der Waals surface area contributed by atoms with Crippen LogP contribution in [0.1, 0.15) is 49.3 Å². The number of rotatable bonds is 6. The summed E-state index contributed by atoms with van der Waals surface area (Å²) in [6, 6.07) is 18.7. The number of halogens is 1. The van der Waals surface area contributed by atoms with Crippen molar-refractivity contribution in [2.45, 2.75) is 44.2 Å². The van der Waals surface area contributed by atoms with Crippen molar-refractivity contribution < 1.29 is 9.53 Å². The predicted molar refractivity (Wildman–Crippen MR) is 126 cm³/mol. The summed E-state index contributed by atoms with van der Waals surface area (Å²) in [5, 5.41) is 13.8. The second-order valence-corrected chi connectivity index (χ2v) is 8.55. The normalized spacial score (nSPS) is 15.0. The Balaban J connectivity index is 1.81. The lowest BCUT2D eigenvalue weighted by Crippen LogP contribution is -2.41. The molecule has 1 aliphatic rings. The van der Waals surface area contributed by atoms with Gasteiger partial charge in [-0.3, -0.25) is 4.79 Å². The second kappa shape index (κ2) is 9.93. The fraction of sp³-hybridized carbons (Fsp3) is 0.308. The fourth-order valence-corrected chi connectivity index (χ4v) is 4.59. The first-order chi connectivity index (χ1) is 15.6. The van der Waals surface area contributed by atoms with Gasteiger partial charge in [0.05, 0.1) is 7.11 Å². The third-order valence-electron chi connectivity index (χ3n) is 6.04. The number of nitrogens with one attached hydrogen (secondary N) is 1. The molecule has 0 bridgehead atoms. The van der Waals surface area contributed by atoms with E-state index in [0.29, 0.717) is 16.5 Å². The maximum absolute atomic E-state index is 13.6. The first kappa shape index (κ1) is 22.0. The van der Waals surface area contributed by atoms with E-state index in [2.05, 4.69) is 11.4 Å². The first-order valence-electron chi connectivity index (χ1n) is 10.9. The summed E-state index contributed by atoms with van der Waals surface area (Å²) in [5.74, 6) is 0.252. The third kappa shape index (κ3) is 4.51. The molecular formula is C26H26ClN3O2. The summed E-state index contributed by atoms with van der Waals surface area (Å²) in [5.41, 5.74) is 2.81. The van der Waals surface area contributed by atoms with Crippen LogP contribution in [-0.4, -0.2) is 23.6 Å². The highest BCUT2D eigenvalue weighted by Crippen LogP contribution is 2.37. The van der Waals surface area contributed by atoms with Crippen LogP contribution in [-0.2, 0) is 4.79 Å². The Hall–Kier alpha value is -3.23. The van der Waals surface area contributed by atoms with E-state index in [0.717, 1.165) is 42.4 Å². The van der Waals surface area contributed by atoms with Crippen molar-refractivity contribution >= 4 is 17.5 Å². The van der Waals surface area contributed by atoms with Crippen LogP contribution >= 0.6 is 11.6 Å². The van der Waals surface area contributed by atoms with Gasteiger partial charge in [0.1, 0.15) is 17.7 Å². The van der Waals surface area contributed by atoms with Crippen LogP contribution in [0, 0.1) is 11.3 Å². The van der Waals surface area contributed by atoms with Crippen LogP contribution in [0.25, 0.3) is 11.1 Å². The third-order valence-corrected chi connectivity index (χ3v) is 6.29. The summed E-state index contributed by atoms with van der Waals surface area (Å²) in [6.45, 7) is 0. The molecular weight excluding hydrogens is 422 g/mol. The average Bonchev–Trinajstić information content (AvgIpc) is 3.20. The molecule has 4 rings (SSSR count). The van der Waals surface area contributed by atoms with E-state index in [4.69, 9.17) is 16.3 Å². The van der Waals surface area contributed by atoms with E-state index >= 15 is 0 Å². The number of benzene rings is 2. The van der Waals surface area contributed by atoms with Crippen molar-refractivity contribution in [1.82, 2.24) is 9.88 Å². The summed E-state index contributed by atoms with van der Waals surface area (Å²) in [7, 11) is 1.53. The Morgan fingerprint density at radius 3 is 2.44 bits per heavy atom. The SMILES string of the molecule is COc1c(C#N)c(-c2ccccc2)cn1C(C(=O)NC1CCCCC1)c1ccc(Cl)cc1. The number of aromatic nitrogens is 1. The van der Waals surface area contributed by atoms with E-state index in [-0.39, 0.29) is 11.9 Å². The summed E-state index contributed by atoms with van der Waals surface area (Å²) in [6.07, 6.45) is 7.28. The van der Waals surface area contributed by atoms with E-state index in [1.54, 1.807) is 16.7 Å². The molecule has 3 aromatic rings. The molecule has 1 heterocycles. The molecule has 164 valence electrons. The lowest BCUT2D eigenvalue weighted by Gasteiger charge is -2.27. The lowest BCUT2D eigenvalue weighted by molar-refractivity contribution is -0.124. The molecule has 1 aromatic heterocycles. The van der Waals surface area contributed by atoms with Crippen molar-refractivity contribution in [1.29, 1.82) is 5.26 Å². The first-order valence-corrected chi connectivity index (χ1v) is 11.3. The second-order valence-electron chi connectivity index (χ2n) is 8.11. The molecule has 32 heavy (non-hydrogen) atoms. The number of amides is 1. The van der Waals surface area contributed by atoms with Gasteiger partial charge in [-0.15, -0.1) is 0 Å². The van der Waals surface area contributed by atoms with Gasteiger partial charge in [0.15, 0.2) is 0 Å². The molecule has 6 heteroatoms. The van der Waals surface area contributed by atoms with Crippen LogP contribution in [0.4, 0.5) is 0 Å². The van der Waals surface area contributed by atoms with Crippen molar-refractivity contribution in [3.8, 4) is 23.1 Å². The molecule has 1 aliphatic carbocycles. The maximum Gasteiger partial charge on any atom is 0.248 e. The maximum atomic E-state index is 13.6. The standard InChI is InChI=1S/C26H26ClN3O2/c1-32-26-22(16-28)23(18-8-4-2-5-9-18)17-30(26)24(19-12-14-20(27)15-13-19)25(31)29-21-10-6-3-7-11-21/h2,4-5,8-9,12-15,17,21,24H,3,6-7,10-11H2,1H3,(H,29,31). The van der Waals surface area contributed by atoms with Gasteiger partial charge in [-0.1, -0.05) is 73.3 Å². The number of nitriles is 1. The minimum Gasteiger partial charge on any atom is -0.481 e. The molecule has 0 aliphatic heterocycles. The molecule has 0 spiro atoms. The Morgan fingerprint density at radius 2 is 1.81 bits per heavy atom. The number of carbonyl (C=O) groups is 1. The zero-order chi connectivity index (χ0) is 22.5. The Kier molecular flexibility index (Phi) is 6.82. The zero-order valence-corrected chi connectivity index (χ0v) is 18.8. The smallest absolute Gasteiger partial charge is 0.248 e. The van der Waals surface area contributed by atoms with Gasteiger partial charge in [-0.2, -0.15) is 5.26 Å². The minimum atomic E-state index is -0.686. The van der Waals surface area contributed by atoms with Gasteiger partial charge in [-0.25, -0.2) is 0 Å². The van der Waals surface area contributed by atoms with Gasteiger partial charge in [-0.05, 0) is 36.1 Å². The highest BCUT2D eigenvalue weighted by Gasteiger charge is 2.30. The van der Waals surface area contributed by atoms with Crippen molar-refractivity contribution in [3.63, 3.8) is 0 Å². The molecule has 1 fully saturated rings. The zero-order valence-electron chi connectivity index (χ0n) is 18.1. The molecule has 5 nitrogen and oxygen atoms in total. The largest absolute Gasteiger partial charge is 0.481 e. The van der Waals surface area contributed by atoms with E-state index in [9.17, 15) is 10.1 Å². The predicted octanol–water partition coefficient (Wildman–Crippen LogP) is 5.73. The molecule has 2 aromatic carbocycles. The topological polar surface area (TPSA) is 67.0 Å². The Bertz CT molecular complexity index is 1110. The number of hydrogen-bond donors (Lipinski definition) is 1. The molecule has 1 amide bonds. The summed E-state index contributed by atoms with van der Waals surface area (Å²) >= 11 is 6.11. The molecule has 0 saturated heterocycles. The highest BCUT2D eigenvalue weighted by atomic mass is 35.5. The lowest BCUT2D eigenvalue weighted by atomic mass is 9.95. The van der Waals surface area contributed by atoms with Gasteiger partial charge >= 0.3 is 0 Å².